The summed E-state index contributed by atoms with van der Waals surface area (Å²) in [5, 5.41) is 9.05. The lowest BCUT2D eigenvalue weighted by Crippen LogP contribution is -2.41. The Balaban J connectivity index is 1.47. The number of piperidine rings is 1. The standard InChI is InChI=1S/C17H24N4O2S/c1-3-15-19-17(23-20-15)12(2)21-8-6-13(7-9-21)16(22)18-11-14-5-4-10-24-14/h4-5,10,12-13H,3,6-9,11H2,1-2H3,(H,18,22)/t12-/m1/s1. The average molecular weight is 348 g/mol. The molecule has 130 valence electrons. The van der Waals surface area contributed by atoms with E-state index in [1.165, 1.54) is 4.88 Å². The van der Waals surface area contributed by atoms with E-state index < -0.39 is 0 Å². The minimum Gasteiger partial charge on any atom is -0.351 e. The van der Waals surface area contributed by atoms with E-state index in [0.717, 1.165) is 38.2 Å². The molecular formula is C17H24N4O2S. The molecule has 3 heterocycles. The van der Waals surface area contributed by atoms with Crippen LogP contribution >= 0.6 is 11.3 Å². The zero-order valence-electron chi connectivity index (χ0n) is 14.2. The highest BCUT2D eigenvalue weighted by Crippen LogP contribution is 2.26. The van der Waals surface area contributed by atoms with Gasteiger partial charge in [0.2, 0.25) is 11.8 Å². The Bertz CT molecular complexity index is 647. The highest BCUT2D eigenvalue weighted by Gasteiger charge is 2.29. The molecule has 1 aliphatic heterocycles. The zero-order valence-corrected chi connectivity index (χ0v) is 15.0. The lowest BCUT2D eigenvalue weighted by molar-refractivity contribution is -0.126. The number of aryl methyl sites for hydroxylation is 1. The molecule has 3 rings (SSSR count). The first-order valence-electron chi connectivity index (χ1n) is 8.54. The van der Waals surface area contributed by atoms with Crippen molar-refractivity contribution in [2.45, 2.75) is 45.7 Å². The third kappa shape index (κ3) is 4.02. The first kappa shape index (κ1) is 17.1. The number of hydrogen-bond donors (Lipinski definition) is 1. The van der Waals surface area contributed by atoms with Crippen molar-refractivity contribution in [3.05, 3.63) is 34.1 Å². The molecule has 0 aliphatic carbocycles. The molecule has 0 saturated carbocycles. The fourth-order valence-corrected chi connectivity index (χ4v) is 3.66. The monoisotopic (exact) mass is 348 g/mol. The van der Waals surface area contributed by atoms with Crippen LogP contribution in [0.4, 0.5) is 0 Å². The number of thiophene rings is 1. The molecule has 0 aromatic carbocycles. The molecule has 1 saturated heterocycles. The second-order valence-corrected chi connectivity index (χ2v) is 7.22. The summed E-state index contributed by atoms with van der Waals surface area (Å²) in [6, 6.07) is 4.16. The average Bonchev–Trinajstić information content (AvgIpc) is 3.30. The number of hydrogen-bond acceptors (Lipinski definition) is 6. The van der Waals surface area contributed by atoms with E-state index in [9.17, 15) is 4.79 Å². The lowest BCUT2D eigenvalue weighted by Gasteiger charge is -2.33. The van der Waals surface area contributed by atoms with Crippen LogP contribution in [0.3, 0.4) is 0 Å². The molecule has 0 spiro atoms. The van der Waals surface area contributed by atoms with Crippen LogP contribution in [0.5, 0.6) is 0 Å². The number of amides is 1. The van der Waals surface area contributed by atoms with E-state index in [2.05, 4.69) is 27.3 Å². The van der Waals surface area contributed by atoms with Crippen LogP contribution in [0.2, 0.25) is 0 Å². The topological polar surface area (TPSA) is 71.3 Å². The lowest BCUT2D eigenvalue weighted by atomic mass is 9.95. The molecule has 1 atom stereocenters. The summed E-state index contributed by atoms with van der Waals surface area (Å²) in [5.41, 5.74) is 0. The zero-order chi connectivity index (χ0) is 16.9. The number of carbonyl (C=O) groups excluding carboxylic acids is 1. The van der Waals surface area contributed by atoms with Gasteiger partial charge in [-0.3, -0.25) is 9.69 Å². The van der Waals surface area contributed by atoms with E-state index in [-0.39, 0.29) is 17.9 Å². The minimum absolute atomic E-state index is 0.0994. The highest BCUT2D eigenvalue weighted by atomic mass is 32.1. The number of rotatable bonds is 6. The predicted octanol–water partition coefficient (Wildman–Crippen LogP) is 2.78. The Morgan fingerprint density at radius 2 is 2.29 bits per heavy atom. The molecule has 1 amide bonds. The van der Waals surface area contributed by atoms with Crippen molar-refractivity contribution in [3.8, 4) is 0 Å². The van der Waals surface area contributed by atoms with Crippen molar-refractivity contribution < 1.29 is 9.32 Å². The van der Waals surface area contributed by atoms with Crippen LogP contribution in [0.15, 0.2) is 22.0 Å². The maximum atomic E-state index is 12.3. The van der Waals surface area contributed by atoms with Gasteiger partial charge in [0.25, 0.3) is 0 Å². The van der Waals surface area contributed by atoms with Gasteiger partial charge in [-0.2, -0.15) is 4.98 Å². The van der Waals surface area contributed by atoms with Gasteiger partial charge >= 0.3 is 0 Å². The van der Waals surface area contributed by atoms with Crippen molar-refractivity contribution in [3.63, 3.8) is 0 Å². The fraction of sp³-hybridized carbons (Fsp3) is 0.588. The molecule has 2 aromatic rings. The van der Waals surface area contributed by atoms with Gasteiger partial charge in [0.1, 0.15) is 0 Å². The van der Waals surface area contributed by atoms with Crippen molar-refractivity contribution >= 4 is 17.2 Å². The summed E-state index contributed by atoms with van der Waals surface area (Å²) in [6.07, 6.45) is 2.52. The largest absolute Gasteiger partial charge is 0.351 e. The third-order valence-electron chi connectivity index (χ3n) is 4.62. The fourth-order valence-electron chi connectivity index (χ4n) is 3.02. The molecule has 6 nitrogen and oxygen atoms in total. The van der Waals surface area contributed by atoms with Crippen LogP contribution in [0.1, 0.15) is 49.3 Å². The van der Waals surface area contributed by atoms with Gasteiger partial charge in [-0.1, -0.05) is 18.1 Å². The quantitative estimate of drug-likeness (QED) is 0.869. The van der Waals surface area contributed by atoms with Gasteiger partial charge in [-0.05, 0) is 44.3 Å². The van der Waals surface area contributed by atoms with Gasteiger partial charge in [0.15, 0.2) is 5.82 Å². The van der Waals surface area contributed by atoms with Crippen molar-refractivity contribution in [1.29, 1.82) is 0 Å². The van der Waals surface area contributed by atoms with E-state index >= 15 is 0 Å². The Morgan fingerprint density at radius 3 is 2.92 bits per heavy atom. The molecule has 1 N–H and O–H groups in total. The Hall–Kier alpha value is -1.73. The van der Waals surface area contributed by atoms with Gasteiger partial charge < -0.3 is 9.84 Å². The van der Waals surface area contributed by atoms with Crippen LogP contribution in [-0.4, -0.2) is 34.0 Å². The summed E-state index contributed by atoms with van der Waals surface area (Å²) in [4.78, 5) is 20.2. The molecule has 24 heavy (non-hydrogen) atoms. The van der Waals surface area contributed by atoms with Crippen LogP contribution < -0.4 is 5.32 Å². The summed E-state index contributed by atoms with van der Waals surface area (Å²) >= 11 is 1.67. The van der Waals surface area contributed by atoms with Gasteiger partial charge in [-0.25, -0.2) is 0 Å². The van der Waals surface area contributed by atoms with Gasteiger partial charge in [-0.15, -0.1) is 11.3 Å². The Morgan fingerprint density at radius 1 is 1.50 bits per heavy atom. The van der Waals surface area contributed by atoms with E-state index in [0.29, 0.717) is 12.4 Å². The molecule has 0 bridgehead atoms. The summed E-state index contributed by atoms with van der Waals surface area (Å²) < 4.78 is 5.34. The smallest absolute Gasteiger partial charge is 0.243 e. The molecular weight excluding hydrogens is 324 g/mol. The molecule has 7 heteroatoms. The van der Waals surface area contributed by atoms with E-state index in [1.807, 2.05) is 24.4 Å². The Kier molecular flexibility index (Phi) is 5.63. The molecule has 0 radical (unpaired) electrons. The number of carbonyl (C=O) groups is 1. The second kappa shape index (κ2) is 7.90. The highest BCUT2D eigenvalue weighted by molar-refractivity contribution is 7.09. The number of aromatic nitrogens is 2. The van der Waals surface area contributed by atoms with Crippen LogP contribution in [0, 0.1) is 5.92 Å². The maximum Gasteiger partial charge on any atom is 0.243 e. The summed E-state index contributed by atoms with van der Waals surface area (Å²) in [5.74, 6) is 1.69. The summed E-state index contributed by atoms with van der Waals surface area (Å²) in [7, 11) is 0. The first-order valence-corrected chi connectivity index (χ1v) is 9.42. The number of nitrogens with zero attached hydrogens (tertiary/aromatic N) is 3. The summed E-state index contributed by atoms with van der Waals surface area (Å²) in [6.45, 7) is 6.49. The third-order valence-corrected chi connectivity index (χ3v) is 5.50. The van der Waals surface area contributed by atoms with Crippen LogP contribution in [-0.2, 0) is 17.8 Å². The maximum absolute atomic E-state index is 12.3. The predicted molar refractivity (Wildman–Crippen MR) is 92.6 cm³/mol. The molecule has 1 aliphatic rings. The van der Waals surface area contributed by atoms with Crippen molar-refractivity contribution in [2.24, 2.45) is 5.92 Å². The Labute approximate surface area is 146 Å². The number of nitrogens with one attached hydrogen (secondary N) is 1. The normalized spacial score (nSPS) is 17.8. The van der Waals surface area contributed by atoms with Crippen molar-refractivity contribution in [1.82, 2.24) is 20.4 Å². The van der Waals surface area contributed by atoms with Crippen molar-refractivity contribution in [2.75, 3.05) is 13.1 Å². The molecule has 2 aromatic heterocycles. The minimum atomic E-state index is 0.0994. The van der Waals surface area contributed by atoms with E-state index in [4.69, 9.17) is 4.52 Å². The first-order chi connectivity index (χ1) is 11.7. The van der Waals surface area contributed by atoms with Gasteiger partial charge in [0, 0.05) is 17.2 Å². The molecule has 1 fully saturated rings. The SMILES string of the molecule is CCc1noc([C@@H](C)N2CCC(C(=O)NCc3cccs3)CC2)n1. The molecule has 0 unspecified atom stereocenters. The second-order valence-electron chi connectivity index (χ2n) is 6.19. The number of likely N-dealkylation sites (tertiary alicyclic amines) is 1. The van der Waals surface area contributed by atoms with E-state index in [1.54, 1.807) is 11.3 Å². The van der Waals surface area contributed by atoms with Gasteiger partial charge in [0.05, 0.1) is 12.6 Å². The van der Waals surface area contributed by atoms with Crippen LogP contribution in [0.25, 0.3) is 0 Å².